The Morgan fingerprint density at radius 1 is 1.65 bits per heavy atom. The number of carbonyl (C=O) groups excluding carboxylic acids is 1. The van der Waals surface area contributed by atoms with Gasteiger partial charge in [-0.3, -0.25) is 4.79 Å². The van der Waals surface area contributed by atoms with Gasteiger partial charge in [0.25, 0.3) is 5.92 Å². The predicted octanol–water partition coefficient (Wildman–Crippen LogP) is 1.75. The molecule has 0 radical (unpaired) electrons. The summed E-state index contributed by atoms with van der Waals surface area (Å²) in [5, 5.41) is 2.29. The molecule has 1 aromatic rings. The average molecular weight is 287 g/mol. The minimum absolute atomic E-state index is 0.403. The maximum Gasteiger partial charge on any atom is 0.262 e. The Kier molecular flexibility index (Phi) is 4.37. The molecule has 0 spiro atoms. The molecule has 112 valence electrons. The molecule has 20 heavy (non-hydrogen) atoms. The lowest BCUT2D eigenvalue weighted by Gasteiger charge is -2.19. The van der Waals surface area contributed by atoms with Crippen molar-refractivity contribution in [3.05, 3.63) is 18.2 Å². The summed E-state index contributed by atoms with van der Waals surface area (Å²) < 4.78 is 33.1. The number of nitrogens with one attached hydrogen (secondary N) is 1. The number of rotatable bonds is 5. The Morgan fingerprint density at radius 2 is 2.40 bits per heavy atom. The number of alkyl halides is 2. The van der Waals surface area contributed by atoms with Crippen LogP contribution in [0.25, 0.3) is 0 Å². The second kappa shape index (κ2) is 5.87. The van der Waals surface area contributed by atoms with Gasteiger partial charge in [-0.25, -0.2) is 13.8 Å². The van der Waals surface area contributed by atoms with Crippen molar-refractivity contribution in [2.24, 2.45) is 5.92 Å². The fourth-order valence-corrected chi connectivity index (χ4v) is 2.33. The van der Waals surface area contributed by atoms with Gasteiger partial charge in [-0.2, -0.15) is 0 Å². The quantitative estimate of drug-likeness (QED) is 0.897. The van der Waals surface area contributed by atoms with Crippen LogP contribution in [0.15, 0.2) is 12.4 Å². The molecular weight excluding hydrogens is 268 g/mol. The number of hydrogen-bond acceptors (Lipinski definition) is 3. The SMILES string of the molecule is CCn1ccnc1[C@@H]1OCC[C@H]1C(=O)NCC(C)(F)F. The van der Waals surface area contributed by atoms with E-state index in [2.05, 4.69) is 10.3 Å². The zero-order chi connectivity index (χ0) is 14.8. The van der Waals surface area contributed by atoms with Crippen molar-refractivity contribution in [1.29, 1.82) is 0 Å². The van der Waals surface area contributed by atoms with Gasteiger partial charge in [0.05, 0.1) is 12.5 Å². The fourth-order valence-electron chi connectivity index (χ4n) is 2.33. The second-order valence-electron chi connectivity index (χ2n) is 5.05. The molecule has 1 saturated heterocycles. The summed E-state index contributed by atoms with van der Waals surface area (Å²) in [6.45, 7) is 3.24. The minimum Gasteiger partial charge on any atom is -0.369 e. The van der Waals surface area contributed by atoms with Crippen molar-refractivity contribution >= 4 is 5.91 Å². The number of amides is 1. The van der Waals surface area contributed by atoms with E-state index in [4.69, 9.17) is 4.74 Å². The molecule has 2 heterocycles. The van der Waals surface area contributed by atoms with Crippen LogP contribution in [0.4, 0.5) is 8.78 Å². The summed E-state index contributed by atoms with van der Waals surface area (Å²) >= 11 is 0. The number of aromatic nitrogens is 2. The molecule has 1 amide bonds. The Bertz CT molecular complexity index is 470. The van der Waals surface area contributed by atoms with Gasteiger partial charge in [-0.1, -0.05) is 0 Å². The molecule has 0 saturated carbocycles. The van der Waals surface area contributed by atoms with Crippen LogP contribution in [0.5, 0.6) is 0 Å². The smallest absolute Gasteiger partial charge is 0.262 e. The highest BCUT2D eigenvalue weighted by molar-refractivity contribution is 5.79. The average Bonchev–Trinajstić information content (AvgIpc) is 3.02. The minimum atomic E-state index is -2.91. The maximum atomic E-state index is 12.8. The first-order chi connectivity index (χ1) is 9.42. The van der Waals surface area contributed by atoms with E-state index in [0.717, 1.165) is 13.5 Å². The monoisotopic (exact) mass is 287 g/mol. The van der Waals surface area contributed by atoms with Gasteiger partial charge >= 0.3 is 0 Å². The highest BCUT2D eigenvalue weighted by Crippen LogP contribution is 2.33. The first-order valence-corrected chi connectivity index (χ1v) is 6.70. The van der Waals surface area contributed by atoms with Gasteiger partial charge < -0.3 is 14.6 Å². The van der Waals surface area contributed by atoms with E-state index in [0.29, 0.717) is 18.9 Å². The molecule has 0 unspecified atom stereocenters. The lowest BCUT2D eigenvalue weighted by atomic mass is 9.99. The highest BCUT2D eigenvalue weighted by Gasteiger charge is 2.38. The van der Waals surface area contributed by atoms with E-state index >= 15 is 0 Å². The third kappa shape index (κ3) is 3.33. The van der Waals surface area contributed by atoms with Crippen molar-refractivity contribution in [3.8, 4) is 0 Å². The van der Waals surface area contributed by atoms with E-state index in [1.165, 1.54) is 0 Å². The summed E-state index contributed by atoms with van der Waals surface area (Å²) in [6, 6.07) is 0. The molecule has 1 fully saturated rings. The molecule has 7 heteroatoms. The lowest BCUT2D eigenvalue weighted by Crippen LogP contribution is -2.39. The molecule has 0 aliphatic carbocycles. The van der Waals surface area contributed by atoms with Crippen LogP contribution in [0.2, 0.25) is 0 Å². The van der Waals surface area contributed by atoms with Gasteiger partial charge in [-0.05, 0) is 13.3 Å². The number of halogens is 2. The van der Waals surface area contributed by atoms with Crippen LogP contribution in [0, 0.1) is 5.92 Å². The first-order valence-electron chi connectivity index (χ1n) is 6.70. The zero-order valence-corrected chi connectivity index (χ0v) is 11.6. The van der Waals surface area contributed by atoms with Crippen LogP contribution < -0.4 is 5.32 Å². The third-order valence-electron chi connectivity index (χ3n) is 3.34. The van der Waals surface area contributed by atoms with Crippen molar-refractivity contribution in [1.82, 2.24) is 14.9 Å². The van der Waals surface area contributed by atoms with Gasteiger partial charge in [0, 0.05) is 32.5 Å². The number of aryl methyl sites for hydroxylation is 1. The van der Waals surface area contributed by atoms with E-state index in [9.17, 15) is 13.6 Å². The maximum absolute atomic E-state index is 12.8. The zero-order valence-electron chi connectivity index (χ0n) is 11.6. The van der Waals surface area contributed by atoms with Crippen LogP contribution in [-0.4, -0.2) is 34.5 Å². The van der Waals surface area contributed by atoms with Crippen LogP contribution in [-0.2, 0) is 16.1 Å². The standard InChI is InChI=1S/C13H19F2N3O2/c1-3-18-6-5-16-11(18)10-9(4-7-20-10)12(19)17-8-13(2,14)15/h5-6,9-10H,3-4,7-8H2,1-2H3,(H,17,19)/t9-,10-/m1/s1. The summed E-state index contributed by atoms with van der Waals surface area (Å²) in [6.07, 6.45) is 3.51. The van der Waals surface area contributed by atoms with Crippen LogP contribution >= 0.6 is 0 Å². The Balaban J connectivity index is 2.06. The topological polar surface area (TPSA) is 56.2 Å². The molecule has 0 bridgehead atoms. The summed E-state index contributed by atoms with van der Waals surface area (Å²) in [4.78, 5) is 16.3. The number of carbonyl (C=O) groups is 1. The van der Waals surface area contributed by atoms with E-state index < -0.39 is 30.4 Å². The Morgan fingerprint density at radius 3 is 3.05 bits per heavy atom. The number of hydrogen-bond donors (Lipinski definition) is 1. The van der Waals surface area contributed by atoms with E-state index in [-0.39, 0.29) is 0 Å². The third-order valence-corrected chi connectivity index (χ3v) is 3.34. The van der Waals surface area contributed by atoms with Crippen molar-refractivity contribution in [2.45, 2.75) is 38.8 Å². The molecule has 5 nitrogen and oxygen atoms in total. The fraction of sp³-hybridized carbons (Fsp3) is 0.692. The van der Waals surface area contributed by atoms with Gasteiger partial charge in [0.15, 0.2) is 0 Å². The van der Waals surface area contributed by atoms with Crippen molar-refractivity contribution in [2.75, 3.05) is 13.2 Å². The molecule has 1 aromatic heterocycles. The number of ether oxygens (including phenoxy) is 1. The Labute approximate surface area is 116 Å². The van der Waals surface area contributed by atoms with E-state index in [1.54, 1.807) is 6.20 Å². The van der Waals surface area contributed by atoms with Gasteiger partial charge in [0.1, 0.15) is 11.9 Å². The van der Waals surface area contributed by atoms with Gasteiger partial charge in [0.2, 0.25) is 5.91 Å². The van der Waals surface area contributed by atoms with E-state index in [1.807, 2.05) is 17.7 Å². The van der Waals surface area contributed by atoms with Gasteiger partial charge in [-0.15, -0.1) is 0 Å². The molecule has 1 aliphatic heterocycles. The normalized spacial score (nSPS) is 23.0. The highest BCUT2D eigenvalue weighted by atomic mass is 19.3. The van der Waals surface area contributed by atoms with Crippen molar-refractivity contribution < 1.29 is 18.3 Å². The molecule has 2 atom stereocenters. The second-order valence-corrected chi connectivity index (χ2v) is 5.05. The largest absolute Gasteiger partial charge is 0.369 e. The molecular formula is C13H19F2N3O2. The Hall–Kier alpha value is -1.50. The molecule has 0 aromatic carbocycles. The summed E-state index contributed by atoms with van der Waals surface area (Å²) in [5.74, 6) is -3.11. The lowest BCUT2D eigenvalue weighted by molar-refractivity contribution is -0.128. The number of nitrogens with zero attached hydrogens (tertiary/aromatic N) is 2. The van der Waals surface area contributed by atoms with Crippen LogP contribution in [0.3, 0.4) is 0 Å². The van der Waals surface area contributed by atoms with Crippen molar-refractivity contribution in [3.63, 3.8) is 0 Å². The summed E-state index contributed by atoms with van der Waals surface area (Å²) in [7, 11) is 0. The molecule has 1 aliphatic rings. The molecule has 2 rings (SSSR count). The molecule has 1 N–H and O–H groups in total. The first kappa shape index (κ1) is 14.9. The van der Waals surface area contributed by atoms with Crippen LogP contribution in [0.1, 0.15) is 32.2 Å². The predicted molar refractivity (Wildman–Crippen MR) is 68.3 cm³/mol. The number of imidazole rings is 1. The summed E-state index contributed by atoms with van der Waals surface area (Å²) in [5.41, 5.74) is 0.